The second-order valence-corrected chi connectivity index (χ2v) is 5.68. The molecule has 0 aliphatic heterocycles. The van der Waals surface area contributed by atoms with Crippen molar-refractivity contribution in [2.75, 3.05) is 18.5 Å². The van der Waals surface area contributed by atoms with Gasteiger partial charge in [-0.1, -0.05) is 54.1 Å². The number of carbonyl (C=O) groups is 1. The average Bonchev–Trinajstić information content (AvgIpc) is 2.57. The van der Waals surface area contributed by atoms with E-state index in [0.717, 1.165) is 6.42 Å². The minimum Gasteiger partial charge on any atom is -0.396 e. The highest BCUT2D eigenvalue weighted by Gasteiger charge is 2.11. The summed E-state index contributed by atoms with van der Waals surface area (Å²) in [7, 11) is 0. The fraction of sp³-hybridized carbons (Fsp3) is 0.278. The zero-order chi connectivity index (χ0) is 16.5. The molecule has 4 nitrogen and oxygen atoms in total. The summed E-state index contributed by atoms with van der Waals surface area (Å²) in [5, 5.41) is 15.3. The van der Waals surface area contributed by atoms with E-state index in [2.05, 4.69) is 10.6 Å². The number of nitrogens with one attached hydrogen (secondary N) is 2. The van der Waals surface area contributed by atoms with Crippen molar-refractivity contribution in [2.24, 2.45) is 0 Å². The maximum Gasteiger partial charge on any atom is 0.319 e. The maximum absolute atomic E-state index is 11.9. The lowest BCUT2D eigenvalue weighted by molar-refractivity contribution is 0.250. The monoisotopic (exact) mass is 332 g/mol. The molecule has 23 heavy (non-hydrogen) atoms. The number of carbonyl (C=O) groups excluding carboxylic acids is 1. The molecule has 1 atom stereocenters. The summed E-state index contributed by atoms with van der Waals surface area (Å²) < 4.78 is 0. The van der Waals surface area contributed by atoms with Crippen LogP contribution < -0.4 is 10.6 Å². The predicted octanol–water partition coefficient (Wildman–Crippen LogP) is 4.02. The Balaban J connectivity index is 1.82. The van der Waals surface area contributed by atoms with Crippen molar-refractivity contribution >= 4 is 23.3 Å². The van der Waals surface area contributed by atoms with Crippen LogP contribution in [0.15, 0.2) is 54.6 Å². The van der Waals surface area contributed by atoms with Gasteiger partial charge in [0, 0.05) is 13.2 Å². The average molecular weight is 333 g/mol. The van der Waals surface area contributed by atoms with Crippen LogP contribution in [0, 0.1) is 0 Å². The third-order valence-electron chi connectivity index (χ3n) is 3.65. The van der Waals surface area contributed by atoms with E-state index < -0.39 is 0 Å². The molecule has 0 bridgehead atoms. The fourth-order valence-corrected chi connectivity index (χ4v) is 2.63. The molecule has 0 aromatic heterocycles. The van der Waals surface area contributed by atoms with E-state index in [0.29, 0.717) is 23.7 Å². The molecule has 0 heterocycles. The van der Waals surface area contributed by atoms with E-state index >= 15 is 0 Å². The molecule has 0 aliphatic carbocycles. The summed E-state index contributed by atoms with van der Waals surface area (Å²) in [5.74, 6) is 0.224. The minimum atomic E-state index is -0.283. The van der Waals surface area contributed by atoms with Gasteiger partial charge in [0.05, 0.1) is 10.7 Å². The molecule has 0 spiro atoms. The van der Waals surface area contributed by atoms with E-state index in [1.165, 1.54) is 5.56 Å². The van der Waals surface area contributed by atoms with Crippen LogP contribution in [0.2, 0.25) is 5.02 Å². The Morgan fingerprint density at radius 1 is 1.04 bits per heavy atom. The van der Waals surface area contributed by atoms with Gasteiger partial charge in [-0.2, -0.15) is 0 Å². The van der Waals surface area contributed by atoms with Crippen molar-refractivity contribution < 1.29 is 9.90 Å². The van der Waals surface area contributed by atoms with Crippen LogP contribution >= 0.6 is 11.6 Å². The molecule has 2 aromatic carbocycles. The predicted molar refractivity (Wildman–Crippen MR) is 94.0 cm³/mol. The quantitative estimate of drug-likeness (QED) is 0.717. The number of hydrogen-bond acceptors (Lipinski definition) is 2. The number of amides is 2. The van der Waals surface area contributed by atoms with Crippen LogP contribution in [-0.2, 0) is 0 Å². The van der Waals surface area contributed by atoms with E-state index in [9.17, 15) is 9.90 Å². The van der Waals surface area contributed by atoms with Crippen LogP contribution in [0.3, 0.4) is 0 Å². The van der Waals surface area contributed by atoms with Gasteiger partial charge in [0.2, 0.25) is 0 Å². The summed E-state index contributed by atoms with van der Waals surface area (Å²) >= 11 is 6.00. The normalized spacial score (nSPS) is 11.7. The van der Waals surface area contributed by atoms with E-state index in [1.807, 2.05) is 42.5 Å². The highest BCUT2D eigenvalue weighted by atomic mass is 35.5. The highest BCUT2D eigenvalue weighted by Crippen LogP contribution is 2.23. The molecule has 122 valence electrons. The third kappa shape index (κ3) is 5.58. The van der Waals surface area contributed by atoms with Gasteiger partial charge in [0.25, 0.3) is 0 Å². The minimum absolute atomic E-state index is 0.130. The first-order valence-electron chi connectivity index (χ1n) is 7.66. The number of aliphatic hydroxyl groups is 1. The first-order valence-corrected chi connectivity index (χ1v) is 8.03. The molecule has 2 amide bonds. The van der Waals surface area contributed by atoms with Crippen molar-refractivity contribution in [1.29, 1.82) is 0 Å². The van der Waals surface area contributed by atoms with Crippen molar-refractivity contribution in [1.82, 2.24) is 5.32 Å². The molecule has 2 aromatic rings. The Morgan fingerprint density at radius 2 is 1.74 bits per heavy atom. The summed E-state index contributed by atoms with van der Waals surface area (Å²) in [6.45, 7) is 0.654. The molecular formula is C18H21ClN2O2. The van der Waals surface area contributed by atoms with Gasteiger partial charge in [-0.15, -0.1) is 0 Å². The van der Waals surface area contributed by atoms with Crippen molar-refractivity contribution in [3.8, 4) is 0 Å². The molecule has 0 unspecified atom stereocenters. The molecular weight excluding hydrogens is 312 g/mol. The lowest BCUT2D eigenvalue weighted by Crippen LogP contribution is -2.30. The van der Waals surface area contributed by atoms with Crippen molar-refractivity contribution in [3.63, 3.8) is 0 Å². The molecule has 3 N–H and O–H groups in total. The summed E-state index contributed by atoms with van der Waals surface area (Å²) in [6, 6.07) is 16.8. The second kappa shape index (κ2) is 9.18. The van der Waals surface area contributed by atoms with Crippen LogP contribution in [0.1, 0.15) is 24.3 Å². The molecule has 2 rings (SSSR count). The van der Waals surface area contributed by atoms with Crippen LogP contribution in [-0.4, -0.2) is 24.3 Å². The Bertz CT molecular complexity index is 619. The first kappa shape index (κ1) is 17.3. The van der Waals surface area contributed by atoms with Crippen molar-refractivity contribution in [3.05, 3.63) is 65.2 Å². The van der Waals surface area contributed by atoms with Gasteiger partial charge >= 0.3 is 6.03 Å². The van der Waals surface area contributed by atoms with Gasteiger partial charge in [-0.05, 0) is 36.5 Å². The lowest BCUT2D eigenvalue weighted by atomic mass is 9.93. The van der Waals surface area contributed by atoms with E-state index in [1.54, 1.807) is 12.1 Å². The largest absolute Gasteiger partial charge is 0.396 e. The van der Waals surface area contributed by atoms with E-state index in [-0.39, 0.29) is 18.6 Å². The zero-order valence-electron chi connectivity index (χ0n) is 12.8. The number of rotatable bonds is 7. The smallest absolute Gasteiger partial charge is 0.319 e. The Labute approximate surface area is 141 Å². The van der Waals surface area contributed by atoms with Gasteiger partial charge < -0.3 is 15.7 Å². The zero-order valence-corrected chi connectivity index (χ0v) is 13.6. The summed E-state index contributed by atoms with van der Waals surface area (Å²) in [5.41, 5.74) is 1.76. The number of anilines is 1. The van der Waals surface area contributed by atoms with Gasteiger partial charge in [0.1, 0.15) is 0 Å². The molecule has 0 fully saturated rings. The standard InChI is InChI=1S/C18H21ClN2O2/c19-16-8-4-5-9-17(16)21-18(23)20-12-10-15(11-13-22)14-6-2-1-3-7-14/h1-9,15,22H,10-13H2,(H2,20,21,23)/t15-/m1/s1. The Kier molecular flexibility index (Phi) is 6.91. The number of urea groups is 1. The fourth-order valence-electron chi connectivity index (χ4n) is 2.45. The Hall–Kier alpha value is -2.04. The molecule has 0 saturated heterocycles. The number of halogens is 1. The lowest BCUT2D eigenvalue weighted by Gasteiger charge is -2.17. The number of hydrogen-bond donors (Lipinski definition) is 3. The number of benzene rings is 2. The van der Waals surface area contributed by atoms with Gasteiger partial charge in [0.15, 0.2) is 0 Å². The molecule has 0 aliphatic rings. The third-order valence-corrected chi connectivity index (χ3v) is 3.98. The highest BCUT2D eigenvalue weighted by molar-refractivity contribution is 6.33. The summed E-state index contributed by atoms with van der Waals surface area (Å²) in [6.07, 6.45) is 1.44. The first-order chi connectivity index (χ1) is 11.2. The SMILES string of the molecule is O=C(NCC[C@H](CCO)c1ccccc1)Nc1ccccc1Cl. The van der Waals surface area contributed by atoms with Crippen LogP contribution in [0.4, 0.5) is 10.5 Å². The number of aliphatic hydroxyl groups excluding tert-OH is 1. The Morgan fingerprint density at radius 3 is 2.43 bits per heavy atom. The van der Waals surface area contributed by atoms with Crippen molar-refractivity contribution in [2.45, 2.75) is 18.8 Å². The topological polar surface area (TPSA) is 61.4 Å². The molecule has 5 heteroatoms. The van der Waals surface area contributed by atoms with E-state index in [4.69, 9.17) is 11.6 Å². The second-order valence-electron chi connectivity index (χ2n) is 5.27. The van der Waals surface area contributed by atoms with Crippen LogP contribution in [0.25, 0.3) is 0 Å². The molecule has 0 saturated carbocycles. The molecule has 0 radical (unpaired) electrons. The summed E-state index contributed by atoms with van der Waals surface area (Å²) in [4.78, 5) is 11.9. The van der Waals surface area contributed by atoms with Crippen LogP contribution in [0.5, 0.6) is 0 Å². The van der Waals surface area contributed by atoms with Gasteiger partial charge in [-0.3, -0.25) is 0 Å². The van der Waals surface area contributed by atoms with Gasteiger partial charge in [-0.25, -0.2) is 4.79 Å². The maximum atomic E-state index is 11.9. The number of para-hydroxylation sites is 1.